The first-order valence-electron chi connectivity index (χ1n) is 6.31. The third-order valence-electron chi connectivity index (χ3n) is 3.16. The van der Waals surface area contributed by atoms with Crippen LogP contribution in [0, 0.1) is 6.92 Å². The Balaban J connectivity index is 2.11. The highest BCUT2D eigenvalue weighted by Gasteiger charge is 2.15. The SMILES string of the molecule is Cc1cc(O)cc(O)c1C(=O)CCc1ccc(O)cc1. The minimum atomic E-state index is -0.196. The van der Waals surface area contributed by atoms with Gasteiger partial charge in [-0.15, -0.1) is 0 Å². The lowest BCUT2D eigenvalue weighted by Crippen LogP contribution is -2.04. The minimum absolute atomic E-state index is 0.0601. The summed E-state index contributed by atoms with van der Waals surface area (Å²) in [6.07, 6.45) is 0.781. The first kappa shape index (κ1) is 13.9. The number of hydrogen-bond acceptors (Lipinski definition) is 4. The van der Waals surface area contributed by atoms with Gasteiger partial charge in [-0.25, -0.2) is 0 Å². The standard InChI is InChI=1S/C16H16O4/c1-10-8-13(18)9-15(20)16(10)14(19)7-4-11-2-5-12(17)6-3-11/h2-3,5-6,8-9,17-18,20H,4,7H2,1H3. The van der Waals surface area contributed by atoms with Gasteiger partial charge in [0.25, 0.3) is 0 Å². The molecule has 4 nitrogen and oxygen atoms in total. The summed E-state index contributed by atoms with van der Waals surface area (Å²) in [6.45, 7) is 1.67. The average Bonchev–Trinajstić information content (AvgIpc) is 2.37. The maximum atomic E-state index is 12.1. The molecular weight excluding hydrogens is 256 g/mol. The molecule has 0 radical (unpaired) electrons. The normalized spacial score (nSPS) is 10.4. The number of Topliss-reactive ketones (excluding diaryl/α,β-unsaturated/α-hetero) is 1. The van der Waals surface area contributed by atoms with Gasteiger partial charge in [-0.1, -0.05) is 12.1 Å². The molecule has 20 heavy (non-hydrogen) atoms. The molecule has 0 amide bonds. The zero-order valence-corrected chi connectivity index (χ0v) is 11.1. The third-order valence-corrected chi connectivity index (χ3v) is 3.16. The van der Waals surface area contributed by atoms with Crippen molar-refractivity contribution in [2.45, 2.75) is 19.8 Å². The van der Waals surface area contributed by atoms with Crippen LogP contribution in [0.15, 0.2) is 36.4 Å². The molecule has 0 spiro atoms. The summed E-state index contributed by atoms with van der Waals surface area (Å²) in [5, 5.41) is 28.3. The molecule has 0 aromatic heterocycles. The van der Waals surface area contributed by atoms with Crippen LogP contribution in [0.2, 0.25) is 0 Å². The Hall–Kier alpha value is -2.49. The molecule has 104 valence electrons. The molecule has 0 fully saturated rings. The van der Waals surface area contributed by atoms with Gasteiger partial charge >= 0.3 is 0 Å². The first-order chi connectivity index (χ1) is 9.47. The predicted molar refractivity (Wildman–Crippen MR) is 75.3 cm³/mol. The van der Waals surface area contributed by atoms with Crippen molar-refractivity contribution in [3.63, 3.8) is 0 Å². The van der Waals surface area contributed by atoms with Crippen LogP contribution in [0.25, 0.3) is 0 Å². The van der Waals surface area contributed by atoms with Crippen molar-refractivity contribution in [3.05, 3.63) is 53.1 Å². The molecule has 0 saturated heterocycles. The maximum Gasteiger partial charge on any atom is 0.167 e. The van der Waals surface area contributed by atoms with Gasteiger partial charge in [0, 0.05) is 12.5 Å². The molecule has 0 saturated carbocycles. The summed E-state index contributed by atoms with van der Waals surface area (Å²) >= 11 is 0. The second-order valence-corrected chi connectivity index (χ2v) is 4.75. The number of phenols is 3. The molecule has 2 rings (SSSR count). The van der Waals surface area contributed by atoms with Gasteiger partial charge in [0.05, 0.1) is 5.56 Å². The number of aryl methyl sites for hydroxylation is 2. The van der Waals surface area contributed by atoms with Crippen LogP contribution in [0.1, 0.15) is 27.9 Å². The Bertz CT molecular complexity index is 606. The van der Waals surface area contributed by atoms with Gasteiger partial charge in [0.15, 0.2) is 5.78 Å². The van der Waals surface area contributed by atoms with E-state index < -0.39 is 0 Å². The van der Waals surface area contributed by atoms with E-state index in [0.29, 0.717) is 12.0 Å². The van der Waals surface area contributed by atoms with E-state index in [1.807, 2.05) is 0 Å². The van der Waals surface area contributed by atoms with E-state index in [0.717, 1.165) is 5.56 Å². The van der Waals surface area contributed by atoms with Gasteiger partial charge in [-0.2, -0.15) is 0 Å². The summed E-state index contributed by atoms with van der Waals surface area (Å²) in [6, 6.07) is 9.28. The van der Waals surface area contributed by atoms with Crippen LogP contribution in [-0.2, 0) is 6.42 Å². The predicted octanol–water partition coefficient (Wildman–Crippen LogP) is 2.93. The van der Waals surface area contributed by atoms with Gasteiger partial charge in [-0.3, -0.25) is 4.79 Å². The van der Waals surface area contributed by atoms with Crippen molar-refractivity contribution in [1.82, 2.24) is 0 Å². The lowest BCUT2D eigenvalue weighted by Gasteiger charge is -2.08. The van der Waals surface area contributed by atoms with Crippen LogP contribution < -0.4 is 0 Å². The summed E-state index contributed by atoms with van der Waals surface area (Å²) in [4.78, 5) is 12.1. The first-order valence-corrected chi connectivity index (χ1v) is 6.31. The summed E-state index contributed by atoms with van der Waals surface area (Å²) < 4.78 is 0. The Kier molecular flexibility index (Phi) is 3.94. The second kappa shape index (κ2) is 5.65. The molecule has 2 aromatic carbocycles. The molecule has 0 aliphatic heterocycles. The molecule has 4 heteroatoms. The number of carbonyl (C=O) groups excluding carboxylic acids is 1. The Morgan fingerprint density at radius 1 is 1.00 bits per heavy atom. The molecule has 0 bridgehead atoms. The van der Waals surface area contributed by atoms with Crippen molar-refractivity contribution in [2.75, 3.05) is 0 Å². The highest BCUT2D eigenvalue weighted by atomic mass is 16.3. The van der Waals surface area contributed by atoms with Crippen LogP contribution in [0.4, 0.5) is 0 Å². The fourth-order valence-electron chi connectivity index (χ4n) is 2.16. The number of ketones is 1. The molecule has 2 aromatic rings. The second-order valence-electron chi connectivity index (χ2n) is 4.75. The van der Waals surface area contributed by atoms with Gasteiger partial charge in [0.2, 0.25) is 0 Å². The third kappa shape index (κ3) is 3.09. The Labute approximate surface area is 116 Å². The van der Waals surface area contributed by atoms with E-state index in [1.165, 1.54) is 12.1 Å². The maximum absolute atomic E-state index is 12.1. The average molecular weight is 272 g/mol. The number of benzene rings is 2. The van der Waals surface area contributed by atoms with Crippen LogP contribution >= 0.6 is 0 Å². The van der Waals surface area contributed by atoms with E-state index >= 15 is 0 Å². The highest BCUT2D eigenvalue weighted by molar-refractivity contribution is 6.00. The quantitative estimate of drug-likeness (QED) is 0.748. The summed E-state index contributed by atoms with van der Waals surface area (Å²) in [7, 11) is 0. The highest BCUT2D eigenvalue weighted by Crippen LogP contribution is 2.28. The van der Waals surface area contributed by atoms with Crippen molar-refractivity contribution in [3.8, 4) is 17.2 Å². The molecule has 0 unspecified atom stereocenters. The van der Waals surface area contributed by atoms with Crippen LogP contribution in [0.3, 0.4) is 0 Å². The Morgan fingerprint density at radius 2 is 1.65 bits per heavy atom. The fourth-order valence-corrected chi connectivity index (χ4v) is 2.16. The zero-order valence-electron chi connectivity index (χ0n) is 11.1. The van der Waals surface area contributed by atoms with Crippen LogP contribution in [0.5, 0.6) is 17.2 Å². The minimum Gasteiger partial charge on any atom is -0.508 e. The monoisotopic (exact) mass is 272 g/mol. The number of rotatable bonds is 4. The van der Waals surface area contributed by atoms with Crippen molar-refractivity contribution < 1.29 is 20.1 Å². The van der Waals surface area contributed by atoms with Gasteiger partial charge < -0.3 is 15.3 Å². The van der Waals surface area contributed by atoms with Crippen molar-refractivity contribution >= 4 is 5.78 Å². The smallest absolute Gasteiger partial charge is 0.167 e. The number of hydrogen-bond donors (Lipinski definition) is 3. The molecule has 0 aliphatic rings. The number of carbonyl (C=O) groups is 1. The molecule has 3 N–H and O–H groups in total. The lowest BCUT2D eigenvalue weighted by atomic mass is 9.98. The van der Waals surface area contributed by atoms with E-state index in [1.54, 1.807) is 31.2 Å². The summed E-state index contributed by atoms with van der Waals surface area (Å²) in [5.74, 6) is -0.242. The van der Waals surface area contributed by atoms with Crippen molar-refractivity contribution in [1.29, 1.82) is 0 Å². The molecular formula is C16H16O4. The fraction of sp³-hybridized carbons (Fsp3) is 0.188. The zero-order chi connectivity index (χ0) is 14.7. The largest absolute Gasteiger partial charge is 0.508 e. The molecule has 0 atom stereocenters. The summed E-state index contributed by atoms with van der Waals surface area (Å²) in [5.41, 5.74) is 1.74. The molecule has 0 aliphatic carbocycles. The van der Waals surface area contributed by atoms with E-state index in [-0.39, 0.29) is 35.0 Å². The van der Waals surface area contributed by atoms with Crippen molar-refractivity contribution in [2.24, 2.45) is 0 Å². The van der Waals surface area contributed by atoms with Gasteiger partial charge in [-0.05, 0) is 42.7 Å². The molecule has 0 heterocycles. The number of aromatic hydroxyl groups is 3. The Morgan fingerprint density at radius 3 is 2.25 bits per heavy atom. The van der Waals surface area contributed by atoms with E-state index in [4.69, 9.17) is 0 Å². The van der Waals surface area contributed by atoms with Gasteiger partial charge in [0.1, 0.15) is 17.2 Å². The number of phenolic OH excluding ortho intramolecular Hbond substituents is 3. The topological polar surface area (TPSA) is 77.8 Å². The van der Waals surface area contributed by atoms with E-state index in [9.17, 15) is 20.1 Å². The lowest BCUT2D eigenvalue weighted by molar-refractivity contribution is 0.0979. The van der Waals surface area contributed by atoms with Crippen LogP contribution in [-0.4, -0.2) is 21.1 Å². The van der Waals surface area contributed by atoms with E-state index in [2.05, 4.69) is 0 Å².